The Balaban J connectivity index is 1.76. The van der Waals surface area contributed by atoms with Gasteiger partial charge in [0.2, 0.25) is 0 Å². The van der Waals surface area contributed by atoms with Gasteiger partial charge in [0.1, 0.15) is 24.0 Å². The predicted molar refractivity (Wildman–Crippen MR) is 122 cm³/mol. The lowest BCUT2D eigenvalue weighted by Crippen LogP contribution is -2.13. The quantitative estimate of drug-likeness (QED) is 0.267. The van der Waals surface area contributed by atoms with Crippen molar-refractivity contribution in [1.29, 1.82) is 5.26 Å². The molecule has 0 aromatic heterocycles. The van der Waals surface area contributed by atoms with E-state index >= 15 is 0 Å². The van der Waals surface area contributed by atoms with Gasteiger partial charge in [-0.1, -0.05) is 53.0 Å². The third-order valence-corrected chi connectivity index (χ3v) is 4.89. The predicted octanol–water partition coefficient (Wildman–Crippen LogP) is 6.13. The normalized spacial score (nSPS) is 11.0. The average molecular weight is 453 g/mol. The summed E-state index contributed by atoms with van der Waals surface area (Å²) in [6, 6.07) is 18.8. The summed E-state index contributed by atoms with van der Waals surface area (Å²) in [5.41, 5.74) is 2.92. The SMILES string of the molecule is Cc1ccc(COc2c(Cl)cc(/C=C(\C#N)C(=O)Nc3ccc(O)cc3)cc2Cl)cc1. The molecule has 31 heavy (non-hydrogen) atoms. The van der Waals surface area contributed by atoms with Crippen LogP contribution >= 0.6 is 23.2 Å². The second-order valence-corrected chi connectivity index (χ2v) is 7.57. The first-order valence-electron chi connectivity index (χ1n) is 9.25. The molecule has 0 spiro atoms. The number of aryl methyl sites for hydroxylation is 1. The first-order valence-corrected chi connectivity index (χ1v) is 10.0. The minimum Gasteiger partial charge on any atom is -0.508 e. The van der Waals surface area contributed by atoms with Crippen molar-refractivity contribution in [3.8, 4) is 17.6 Å². The van der Waals surface area contributed by atoms with Crippen molar-refractivity contribution in [2.45, 2.75) is 13.5 Å². The number of aromatic hydroxyl groups is 1. The summed E-state index contributed by atoms with van der Waals surface area (Å²) in [4.78, 5) is 12.4. The zero-order chi connectivity index (χ0) is 22.4. The fourth-order valence-corrected chi connectivity index (χ4v) is 3.31. The van der Waals surface area contributed by atoms with Crippen molar-refractivity contribution in [1.82, 2.24) is 0 Å². The van der Waals surface area contributed by atoms with Gasteiger partial charge >= 0.3 is 0 Å². The molecule has 1 amide bonds. The van der Waals surface area contributed by atoms with Gasteiger partial charge in [-0.25, -0.2) is 0 Å². The number of benzene rings is 3. The maximum atomic E-state index is 12.4. The van der Waals surface area contributed by atoms with E-state index in [9.17, 15) is 15.2 Å². The van der Waals surface area contributed by atoms with Crippen molar-refractivity contribution in [3.05, 3.63) is 93.0 Å². The molecule has 0 radical (unpaired) electrons. The highest BCUT2D eigenvalue weighted by Crippen LogP contribution is 2.35. The van der Waals surface area contributed by atoms with Crippen LogP contribution < -0.4 is 10.1 Å². The monoisotopic (exact) mass is 452 g/mol. The van der Waals surface area contributed by atoms with Crippen LogP contribution in [0.3, 0.4) is 0 Å². The molecule has 0 atom stereocenters. The minimum atomic E-state index is -0.597. The molecule has 3 aromatic carbocycles. The average Bonchev–Trinajstić information content (AvgIpc) is 2.74. The van der Waals surface area contributed by atoms with Gasteiger partial charge in [0, 0.05) is 5.69 Å². The number of halogens is 2. The second-order valence-electron chi connectivity index (χ2n) is 6.76. The maximum absolute atomic E-state index is 12.4. The molecular weight excluding hydrogens is 435 g/mol. The molecule has 0 heterocycles. The van der Waals surface area contributed by atoms with Crippen LogP contribution in [0, 0.1) is 18.3 Å². The van der Waals surface area contributed by atoms with Crippen molar-refractivity contribution in [2.75, 3.05) is 5.32 Å². The fraction of sp³-hybridized carbons (Fsp3) is 0.0833. The third-order valence-electron chi connectivity index (χ3n) is 4.33. The van der Waals surface area contributed by atoms with E-state index in [1.54, 1.807) is 12.1 Å². The zero-order valence-corrected chi connectivity index (χ0v) is 18.0. The number of hydrogen-bond donors (Lipinski definition) is 2. The lowest BCUT2D eigenvalue weighted by atomic mass is 10.1. The van der Waals surface area contributed by atoms with Crippen LogP contribution in [-0.4, -0.2) is 11.0 Å². The van der Waals surface area contributed by atoms with E-state index in [-0.39, 0.29) is 21.4 Å². The molecule has 0 aliphatic heterocycles. The molecule has 0 saturated heterocycles. The molecule has 0 bridgehead atoms. The van der Waals surface area contributed by atoms with Gasteiger partial charge in [-0.2, -0.15) is 5.26 Å². The van der Waals surface area contributed by atoms with Crippen LogP contribution in [0.4, 0.5) is 5.69 Å². The molecule has 0 aliphatic rings. The largest absolute Gasteiger partial charge is 0.508 e. The lowest BCUT2D eigenvalue weighted by Gasteiger charge is -2.11. The Morgan fingerprint density at radius 2 is 1.71 bits per heavy atom. The van der Waals surface area contributed by atoms with E-state index in [2.05, 4.69) is 5.32 Å². The summed E-state index contributed by atoms with van der Waals surface area (Å²) in [5.74, 6) is -0.198. The van der Waals surface area contributed by atoms with E-state index in [0.29, 0.717) is 23.6 Å². The van der Waals surface area contributed by atoms with Crippen LogP contribution in [0.1, 0.15) is 16.7 Å². The van der Waals surface area contributed by atoms with Crippen LogP contribution in [0.2, 0.25) is 10.0 Å². The molecule has 3 aromatic rings. The number of phenolic OH excluding ortho intramolecular Hbond substituents is 1. The van der Waals surface area contributed by atoms with Gasteiger partial charge in [-0.05, 0) is 60.5 Å². The van der Waals surface area contributed by atoms with E-state index in [4.69, 9.17) is 27.9 Å². The van der Waals surface area contributed by atoms with Crippen LogP contribution in [0.15, 0.2) is 66.2 Å². The van der Waals surface area contributed by atoms with Gasteiger partial charge < -0.3 is 15.2 Å². The number of anilines is 1. The number of nitriles is 1. The van der Waals surface area contributed by atoms with Crippen LogP contribution in [0.5, 0.6) is 11.5 Å². The van der Waals surface area contributed by atoms with E-state index < -0.39 is 5.91 Å². The molecule has 0 unspecified atom stereocenters. The summed E-state index contributed by atoms with van der Waals surface area (Å²) in [6.07, 6.45) is 1.39. The number of ether oxygens (including phenoxy) is 1. The Bertz CT molecular complexity index is 1140. The van der Waals surface area contributed by atoms with Crippen LogP contribution in [-0.2, 0) is 11.4 Å². The summed E-state index contributed by atoms with van der Waals surface area (Å²) < 4.78 is 5.77. The number of amides is 1. The number of carbonyl (C=O) groups is 1. The lowest BCUT2D eigenvalue weighted by molar-refractivity contribution is -0.112. The highest BCUT2D eigenvalue weighted by molar-refractivity contribution is 6.37. The van der Waals surface area contributed by atoms with E-state index in [1.165, 1.54) is 30.3 Å². The molecule has 0 fully saturated rings. The molecule has 0 aliphatic carbocycles. The van der Waals surface area contributed by atoms with Crippen molar-refractivity contribution in [2.24, 2.45) is 0 Å². The third kappa shape index (κ3) is 6.02. The number of rotatable bonds is 6. The molecule has 0 saturated carbocycles. The number of hydrogen-bond acceptors (Lipinski definition) is 4. The summed E-state index contributed by atoms with van der Waals surface area (Å²) in [5, 5.41) is 21.8. The van der Waals surface area contributed by atoms with E-state index in [0.717, 1.165) is 11.1 Å². The topological polar surface area (TPSA) is 82.3 Å². The van der Waals surface area contributed by atoms with Gasteiger partial charge in [0.05, 0.1) is 10.0 Å². The first-order chi connectivity index (χ1) is 14.9. The number of nitrogens with one attached hydrogen (secondary N) is 1. The van der Waals surface area contributed by atoms with Crippen molar-refractivity contribution < 1.29 is 14.6 Å². The summed E-state index contributed by atoms with van der Waals surface area (Å²) >= 11 is 12.7. The summed E-state index contributed by atoms with van der Waals surface area (Å²) in [7, 11) is 0. The first kappa shape index (κ1) is 22.2. The Morgan fingerprint density at radius 1 is 1.10 bits per heavy atom. The number of phenols is 1. The van der Waals surface area contributed by atoms with Crippen molar-refractivity contribution >= 4 is 40.9 Å². The van der Waals surface area contributed by atoms with Gasteiger partial charge in [0.25, 0.3) is 5.91 Å². The van der Waals surface area contributed by atoms with E-state index in [1.807, 2.05) is 37.3 Å². The molecule has 7 heteroatoms. The minimum absolute atomic E-state index is 0.0722. The number of carbonyl (C=O) groups excluding carboxylic acids is 1. The summed E-state index contributed by atoms with van der Waals surface area (Å²) in [6.45, 7) is 2.30. The Kier molecular flexibility index (Phi) is 7.19. The molecule has 2 N–H and O–H groups in total. The van der Waals surface area contributed by atoms with Crippen LogP contribution in [0.25, 0.3) is 6.08 Å². The van der Waals surface area contributed by atoms with Gasteiger partial charge in [-0.3, -0.25) is 4.79 Å². The molecular formula is C24H18Cl2N2O3. The fourth-order valence-electron chi connectivity index (χ4n) is 2.70. The maximum Gasteiger partial charge on any atom is 0.266 e. The second kappa shape index (κ2) is 10.0. The highest BCUT2D eigenvalue weighted by atomic mass is 35.5. The Morgan fingerprint density at radius 3 is 2.29 bits per heavy atom. The molecule has 5 nitrogen and oxygen atoms in total. The van der Waals surface area contributed by atoms with Gasteiger partial charge in [-0.15, -0.1) is 0 Å². The van der Waals surface area contributed by atoms with Gasteiger partial charge in [0.15, 0.2) is 5.75 Å². The van der Waals surface area contributed by atoms with Crippen molar-refractivity contribution in [3.63, 3.8) is 0 Å². The standard InChI is InChI=1S/C24H18Cl2N2O3/c1-15-2-4-16(5-3-15)14-31-23-21(25)11-17(12-22(23)26)10-18(13-27)24(30)28-19-6-8-20(29)9-7-19/h2-12,29H,14H2,1H3,(H,28,30)/b18-10+. The Labute approximate surface area is 190 Å². The molecule has 156 valence electrons. The number of nitrogens with zero attached hydrogens (tertiary/aromatic N) is 1. The zero-order valence-electron chi connectivity index (χ0n) is 16.5. The highest BCUT2D eigenvalue weighted by Gasteiger charge is 2.13. The Hall–Kier alpha value is -3.46. The smallest absolute Gasteiger partial charge is 0.266 e. The molecule has 3 rings (SSSR count).